The Morgan fingerprint density at radius 2 is 1.41 bits per heavy atom. The third-order valence-corrected chi connectivity index (χ3v) is 2.20. The number of esters is 1. The zero-order valence-electron chi connectivity index (χ0n) is 11.2. The molecule has 0 aromatic carbocycles. The summed E-state index contributed by atoms with van der Waals surface area (Å²) in [7, 11) is 0. The highest BCUT2D eigenvalue weighted by Crippen LogP contribution is 1.92. The van der Waals surface area contributed by atoms with E-state index in [1.54, 1.807) is 0 Å². The number of carbonyl (C=O) groups excluding carboxylic acids is 1. The van der Waals surface area contributed by atoms with Crippen molar-refractivity contribution in [3.63, 3.8) is 0 Å². The molecule has 0 bridgehead atoms. The molecule has 4 nitrogen and oxygen atoms in total. The highest BCUT2D eigenvalue weighted by Gasteiger charge is 2.01. The Kier molecular flexibility index (Phi) is 13.0. The van der Waals surface area contributed by atoms with E-state index in [-0.39, 0.29) is 12.6 Å². The van der Waals surface area contributed by atoms with Gasteiger partial charge in [0.1, 0.15) is 6.61 Å². The maximum Gasteiger partial charge on any atom is 0.332 e. The summed E-state index contributed by atoms with van der Waals surface area (Å²) in [6.45, 7) is 6.81. The van der Waals surface area contributed by atoms with E-state index < -0.39 is 0 Å². The molecular formula is C13H26O4. The van der Waals surface area contributed by atoms with E-state index in [0.29, 0.717) is 19.8 Å². The Hall–Kier alpha value is -0.610. The van der Waals surface area contributed by atoms with E-state index in [2.05, 4.69) is 13.8 Å². The minimum atomic E-state index is -0.273. The van der Waals surface area contributed by atoms with E-state index in [1.807, 2.05) is 0 Å². The predicted molar refractivity (Wildman–Crippen MR) is 67.0 cm³/mol. The van der Waals surface area contributed by atoms with Crippen molar-refractivity contribution in [3.05, 3.63) is 0 Å². The van der Waals surface area contributed by atoms with Crippen LogP contribution in [0.15, 0.2) is 0 Å². The van der Waals surface area contributed by atoms with Crippen LogP contribution in [0, 0.1) is 0 Å². The summed E-state index contributed by atoms with van der Waals surface area (Å²) < 4.78 is 15.5. The molecule has 4 heteroatoms. The molecule has 0 aromatic heterocycles. The number of ether oxygens (including phenoxy) is 3. The number of hydrogen-bond acceptors (Lipinski definition) is 4. The van der Waals surface area contributed by atoms with Gasteiger partial charge in [-0.3, -0.25) is 0 Å². The lowest BCUT2D eigenvalue weighted by Gasteiger charge is -2.05. The minimum Gasteiger partial charge on any atom is -0.464 e. The fourth-order valence-electron chi connectivity index (χ4n) is 1.14. The minimum absolute atomic E-state index is 0.0542. The Morgan fingerprint density at radius 3 is 2.12 bits per heavy atom. The third kappa shape index (κ3) is 13.3. The number of carbonyl (C=O) groups is 1. The molecule has 0 saturated carbocycles. The summed E-state index contributed by atoms with van der Waals surface area (Å²) in [6, 6.07) is 0. The van der Waals surface area contributed by atoms with E-state index in [0.717, 1.165) is 38.7 Å². The molecule has 0 atom stereocenters. The molecule has 102 valence electrons. The second-order valence-electron chi connectivity index (χ2n) is 3.95. The second-order valence-corrected chi connectivity index (χ2v) is 3.95. The highest BCUT2D eigenvalue weighted by atomic mass is 16.6. The lowest BCUT2D eigenvalue weighted by atomic mass is 10.4. The molecule has 0 radical (unpaired) electrons. The van der Waals surface area contributed by atoms with E-state index >= 15 is 0 Å². The molecule has 0 heterocycles. The fourth-order valence-corrected chi connectivity index (χ4v) is 1.14. The van der Waals surface area contributed by atoms with Crippen molar-refractivity contribution in [2.45, 2.75) is 46.0 Å². The molecule has 0 rings (SSSR count). The molecule has 0 unspecified atom stereocenters. The standard InChI is InChI=1S/C13H26O4/c1-3-5-8-15-9-7-10-16-12-13(14)17-11-6-4-2/h3-12H2,1-2H3. The lowest BCUT2D eigenvalue weighted by Crippen LogP contribution is -2.14. The maximum atomic E-state index is 11.1. The van der Waals surface area contributed by atoms with Gasteiger partial charge in [-0.15, -0.1) is 0 Å². The predicted octanol–water partition coefficient (Wildman–Crippen LogP) is 2.55. The van der Waals surface area contributed by atoms with E-state index in [4.69, 9.17) is 14.2 Å². The smallest absolute Gasteiger partial charge is 0.332 e. The van der Waals surface area contributed by atoms with Crippen LogP contribution < -0.4 is 0 Å². The summed E-state index contributed by atoms with van der Waals surface area (Å²) >= 11 is 0. The van der Waals surface area contributed by atoms with Gasteiger partial charge in [0.25, 0.3) is 0 Å². The topological polar surface area (TPSA) is 44.8 Å². The first kappa shape index (κ1) is 16.4. The van der Waals surface area contributed by atoms with E-state index in [9.17, 15) is 4.79 Å². The van der Waals surface area contributed by atoms with Crippen LogP contribution in [0.2, 0.25) is 0 Å². The van der Waals surface area contributed by atoms with Crippen LogP contribution in [0.25, 0.3) is 0 Å². The van der Waals surface area contributed by atoms with Gasteiger partial charge in [0, 0.05) is 19.8 Å². The third-order valence-electron chi connectivity index (χ3n) is 2.20. The molecular weight excluding hydrogens is 220 g/mol. The van der Waals surface area contributed by atoms with Crippen molar-refractivity contribution in [2.75, 3.05) is 33.0 Å². The first-order valence-corrected chi connectivity index (χ1v) is 6.62. The van der Waals surface area contributed by atoms with Gasteiger partial charge in [0.15, 0.2) is 0 Å². The van der Waals surface area contributed by atoms with E-state index in [1.165, 1.54) is 0 Å². The normalized spacial score (nSPS) is 10.5. The summed E-state index contributed by atoms with van der Waals surface area (Å²) in [5.41, 5.74) is 0. The van der Waals surface area contributed by atoms with Gasteiger partial charge in [-0.25, -0.2) is 4.79 Å². The Labute approximate surface area is 105 Å². The molecule has 0 fully saturated rings. The molecule has 0 aliphatic heterocycles. The van der Waals surface area contributed by atoms with Crippen LogP contribution in [0.5, 0.6) is 0 Å². The zero-order valence-corrected chi connectivity index (χ0v) is 11.2. The summed E-state index contributed by atoms with van der Waals surface area (Å²) in [5.74, 6) is -0.273. The molecule has 0 aromatic rings. The largest absolute Gasteiger partial charge is 0.464 e. The van der Waals surface area contributed by atoms with Gasteiger partial charge >= 0.3 is 5.97 Å². The molecule has 0 aliphatic rings. The summed E-state index contributed by atoms with van der Waals surface area (Å²) in [6.07, 6.45) is 5.02. The monoisotopic (exact) mass is 246 g/mol. The van der Waals surface area contributed by atoms with Gasteiger partial charge in [-0.2, -0.15) is 0 Å². The molecule has 0 N–H and O–H groups in total. The van der Waals surface area contributed by atoms with Crippen LogP contribution >= 0.6 is 0 Å². The maximum absolute atomic E-state index is 11.1. The Balaban J connectivity index is 3.08. The lowest BCUT2D eigenvalue weighted by molar-refractivity contribution is -0.149. The summed E-state index contributed by atoms with van der Waals surface area (Å²) in [5, 5.41) is 0. The van der Waals surface area contributed by atoms with Crippen LogP contribution in [0.3, 0.4) is 0 Å². The van der Waals surface area contributed by atoms with Crippen LogP contribution in [0.4, 0.5) is 0 Å². The van der Waals surface area contributed by atoms with Gasteiger partial charge in [0.2, 0.25) is 0 Å². The van der Waals surface area contributed by atoms with Gasteiger partial charge in [-0.1, -0.05) is 26.7 Å². The zero-order chi connectivity index (χ0) is 12.8. The van der Waals surface area contributed by atoms with Gasteiger partial charge < -0.3 is 14.2 Å². The number of rotatable bonds is 12. The quantitative estimate of drug-likeness (QED) is 0.392. The fraction of sp³-hybridized carbons (Fsp3) is 0.923. The number of hydrogen-bond donors (Lipinski definition) is 0. The molecule has 0 amide bonds. The highest BCUT2D eigenvalue weighted by molar-refractivity contribution is 5.70. The van der Waals surface area contributed by atoms with Crippen molar-refractivity contribution < 1.29 is 19.0 Å². The van der Waals surface area contributed by atoms with Crippen LogP contribution in [-0.2, 0) is 19.0 Å². The first-order valence-electron chi connectivity index (χ1n) is 6.62. The number of unbranched alkanes of at least 4 members (excludes halogenated alkanes) is 2. The Bertz CT molecular complexity index is 171. The Morgan fingerprint density at radius 1 is 0.824 bits per heavy atom. The van der Waals surface area contributed by atoms with Gasteiger partial charge in [-0.05, 0) is 19.3 Å². The molecule has 17 heavy (non-hydrogen) atoms. The van der Waals surface area contributed by atoms with Crippen molar-refractivity contribution in [1.29, 1.82) is 0 Å². The van der Waals surface area contributed by atoms with Gasteiger partial charge in [0.05, 0.1) is 6.61 Å². The first-order chi connectivity index (χ1) is 8.31. The average molecular weight is 246 g/mol. The van der Waals surface area contributed by atoms with Crippen molar-refractivity contribution >= 4 is 5.97 Å². The second kappa shape index (κ2) is 13.5. The van der Waals surface area contributed by atoms with Crippen molar-refractivity contribution in [1.82, 2.24) is 0 Å². The van der Waals surface area contributed by atoms with Crippen molar-refractivity contribution in [2.24, 2.45) is 0 Å². The van der Waals surface area contributed by atoms with Crippen molar-refractivity contribution in [3.8, 4) is 0 Å². The summed E-state index contributed by atoms with van der Waals surface area (Å²) in [4.78, 5) is 11.1. The molecule has 0 spiro atoms. The SMILES string of the molecule is CCCCOCCCOCC(=O)OCCCC. The molecule has 0 saturated heterocycles. The van der Waals surface area contributed by atoms with Crippen LogP contribution in [-0.4, -0.2) is 39.0 Å². The molecule has 0 aliphatic carbocycles. The van der Waals surface area contributed by atoms with Crippen LogP contribution in [0.1, 0.15) is 46.0 Å². The average Bonchev–Trinajstić information content (AvgIpc) is 2.33.